The maximum Gasteiger partial charge on any atom is 0.441 e. The zero-order valence-electron chi connectivity index (χ0n) is 8.02. The lowest BCUT2D eigenvalue weighted by Gasteiger charge is -2.22. The van der Waals surface area contributed by atoms with Gasteiger partial charge in [0.15, 0.2) is 0 Å². The van der Waals surface area contributed by atoms with E-state index in [1.165, 1.54) is 6.92 Å². The number of alkyl halides is 3. The molecule has 84 valence electrons. The summed E-state index contributed by atoms with van der Waals surface area (Å²) < 4.78 is 35.3. The third-order valence-corrected chi connectivity index (χ3v) is 2.95. The van der Waals surface area contributed by atoms with Crippen molar-refractivity contribution in [2.24, 2.45) is 5.41 Å². The first-order valence-corrected chi connectivity index (χ1v) is 5.14. The predicted octanol–water partition coefficient (Wildman–Crippen LogP) is 3.13. The number of hydrogen-bond acceptors (Lipinski definition) is 2. The van der Waals surface area contributed by atoms with Crippen LogP contribution < -0.4 is 0 Å². The first-order chi connectivity index (χ1) is 6.21. The Kier molecular flexibility index (Phi) is 4.77. The van der Waals surface area contributed by atoms with Gasteiger partial charge in [-0.2, -0.15) is 13.2 Å². The van der Waals surface area contributed by atoms with Crippen LogP contribution in [0.25, 0.3) is 0 Å². The van der Waals surface area contributed by atoms with Gasteiger partial charge in [-0.1, -0.05) is 18.7 Å². The number of rotatable bonds is 5. The SMILES string of the molecule is CCC(C)(CCSC(F)(F)F)C(=O)O. The van der Waals surface area contributed by atoms with E-state index in [1.807, 2.05) is 0 Å². The number of carboxylic acids is 1. The summed E-state index contributed by atoms with van der Waals surface area (Å²) in [7, 11) is 0. The van der Waals surface area contributed by atoms with Gasteiger partial charge in [0.05, 0.1) is 5.41 Å². The van der Waals surface area contributed by atoms with E-state index in [1.54, 1.807) is 6.92 Å². The molecule has 1 unspecified atom stereocenters. The molecule has 0 rings (SSSR count). The van der Waals surface area contributed by atoms with E-state index in [-0.39, 0.29) is 23.9 Å². The number of thioether (sulfide) groups is 1. The minimum Gasteiger partial charge on any atom is -0.481 e. The molecular weight excluding hydrogens is 217 g/mol. The van der Waals surface area contributed by atoms with Crippen LogP contribution in [-0.4, -0.2) is 22.3 Å². The van der Waals surface area contributed by atoms with E-state index in [2.05, 4.69) is 0 Å². The van der Waals surface area contributed by atoms with Gasteiger partial charge in [0.1, 0.15) is 0 Å². The minimum absolute atomic E-state index is 0.0308. The van der Waals surface area contributed by atoms with Gasteiger partial charge < -0.3 is 5.11 Å². The van der Waals surface area contributed by atoms with Crippen molar-refractivity contribution in [2.75, 3.05) is 5.75 Å². The Morgan fingerprint density at radius 1 is 1.43 bits per heavy atom. The molecule has 6 heteroatoms. The van der Waals surface area contributed by atoms with Crippen LogP contribution in [0.3, 0.4) is 0 Å². The first-order valence-electron chi connectivity index (χ1n) is 4.15. The van der Waals surface area contributed by atoms with Crippen molar-refractivity contribution in [2.45, 2.75) is 32.2 Å². The molecule has 0 bridgehead atoms. The third kappa shape index (κ3) is 4.74. The van der Waals surface area contributed by atoms with Gasteiger partial charge in [-0.15, -0.1) is 0 Å². The fourth-order valence-corrected chi connectivity index (χ4v) is 1.61. The van der Waals surface area contributed by atoms with Crippen molar-refractivity contribution in [3.8, 4) is 0 Å². The van der Waals surface area contributed by atoms with Crippen LogP contribution in [-0.2, 0) is 4.79 Å². The van der Waals surface area contributed by atoms with Crippen molar-refractivity contribution in [3.05, 3.63) is 0 Å². The number of hydrogen-bond donors (Lipinski definition) is 1. The number of carbonyl (C=O) groups is 1. The van der Waals surface area contributed by atoms with Crippen LogP contribution in [0, 0.1) is 5.41 Å². The highest BCUT2D eigenvalue weighted by Crippen LogP contribution is 2.35. The van der Waals surface area contributed by atoms with E-state index in [0.29, 0.717) is 6.42 Å². The topological polar surface area (TPSA) is 37.3 Å². The molecule has 0 saturated heterocycles. The second-order valence-electron chi connectivity index (χ2n) is 3.26. The van der Waals surface area contributed by atoms with Gasteiger partial charge in [-0.05, 0) is 19.8 Å². The summed E-state index contributed by atoms with van der Waals surface area (Å²) in [5.74, 6) is -1.25. The molecule has 0 radical (unpaired) electrons. The van der Waals surface area contributed by atoms with Gasteiger partial charge in [0.2, 0.25) is 0 Å². The van der Waals surface area contributed by atoms with Gasteiger partial charge in [-0.3, -0.25) is 4.79 Å². The Labute approximate surface area is 84.9 Å². The molecule has 0 spiro atoms. The molecule has 0 amide bonds. The largest absolute Gasteiger partial charge is 0.481 e. The van der Waals surface area contributed by atoms with Crippen molar-refractivity contribution in [3.63, 3.8) is 0 Å². The molecule has 0 aromatic carbocycles. The van der Waals surface area contributed by atoms with E-state index in [9.17, 15) is 18.0 Å². The quantitative estimate of drug-likeness (QED) is 0.788. The van der Waals surface area contributed by atoms with Crippen LogP contribution in [0.15, 0.2) is 0 Å². The molecule has 0 aliphatic carbocycles. The van der Waals surface area contributed by atoms with Crippen LogP contribution >= 0.6 is 11.8 Å². The van der Waals surface area contributed by atoms with Crippen molar-refractivity contribution >= 4 is 17.7 Å². The highest BCUT2D eigenvalue weighted by molar-refractivity contribution is 8.00. The van der Waals surface area contributed by atoms with Gasteiger partial charge in [-0.25, -0.2) is 0 Å². The fourth-order valence-electron chi connectivity index (χ4n) is 0.827. The molecule has 1 N–H and O–H groups in total. The Bertz CT molecular complexity index is 205. The highest BCUT2D eigenvalue weighted by Gasteiger charge is 2.34. The van der Waals surface area contributed by atoms with E-state index in [4.69, 9.17) is 5.11 Å². The van der Waals surface area contributed by atoms with Crippen molar-refractivity contribution in [1.29, 1.82) is 0 Å². The monoisotopic (exact) mass is 230 g/mol. The Morgan fingerprint density at radius 3 is 2.21 bits per heavy atom. The predicted molar refractivity (Wildman–Crippen MR) is 49.2 cm³/mol. The first kappa shape index (κ1) is 13.6. The molecule has 0 aromatic heterocycles. The number of aliphatic carboxylic acids is 1. The van der Waals surface area contributed by atoms with Crippen molar-refractivity contribution in [1.82, 2.24) is 0 Å². The lowest BCUT2D eigenvalue weighted by atomic mass is 9.85. The van der Waals surface area contributed by atoms with E-state index < -0.39 is 16.9 Å². The van der Waals surface area contributed by atoms with Gasteiger partial charge in [0, 0.05) is 5.75 Å². The summed E-state index contributed by atoms with van der Waals surface area (Å²) >= 11 is -0.170. The second kappa shape index (κ2) is 4.91. The summed E-state index contributed by atoms with van der Waals surface area (Å²) in [5.41, 5.74) is -5.31. The zero-order chi connectivity index (χ0) is 11.4. The van der Waals surface area contributed by atoms with Crippen LogP contribution in [0.4, 0.5) is 13.2 Å². The fraction of sp³-hybridized carbons (Fsp3) is 0.875. The van der Waals surface area contributed by atoms with Gasteiger partial charge >= 0.3 is 11.5 Å². The summed E-state index contributed by atoms with van der Waals surface area (Å²) in [5, 5.41) is 8.77. The molecule has 0 fully saturated rings. The normalized spacial score (nSPS) is 16.4. The molecule has 1 atom stereocenters. The second-order valence-corrected chi connectivity index (χ2v) is 4.42. The average Bonchev–Trinajstić information content (AvgIpc) is 2.01. The molecular formula is C8H13F3O2S. The maximum atomic E-state index is 11.8. The molecule has 0 aliphatic rings. The van der Waals surface area contributed by atoms with Crippen molar-refractivity contribution < 1.29 is 23.1 Å². The third-order valence-electron chi connectivity index (χ3n) is 2.22. The minimum atomic E-state index is -4.27. The summed E-state index contributed by atoms with van der Waals surface area (Å²) in [4.78, 5) is 10.7. The molecule has 14 heavy (non-hydrogen) atoms. The highest BCUT2D eigenvalue weighted by atomic mass is 32.2. The van der Waals surface area contributed by atoms with E-state index >= 15 is 0 Å². The molecule has 0 saturated carbocycles. The summed E-state index contributed by atoms with van der Waals surface area (Å²) in [6.45, 7) is 3.12. The molecule has 0 aliphatic heterocycles. The molecule has 2 nitrogen and oxygen atoms in total. The summed E-state index contributed by atoms with van der Waals surface area (Å²) in [6, 6.07) is 0. The molecule has 0 aromatic rings. The smallest absolute Gasteiger partial charge is 0.441 e. The lowest BCUT2D eigenvalue weighted by Crippen LogP contribution is -2.27. The van der Waals surface area contributed by atoms with Crippen LogP contribution in [0.5, 0.6) is 0 Å². The van der Waals surface area contributed by atoms with Crippen LogP contribution in [0.2, 0.25) is 0 Å². The average molecular weight is 230 g/mol. The van der Waals surface area contributed by atoms with Crippen LogP contribution in [0.1, 0.15) is 26.7 Å². The maximum absolute atomic E-state index is 11.8. The zero-order valence-corrected chi connectivity index (χ0v) is 8.84. The Hall–Kier alpha value is -0.390. The summed E-state index contributed by atoms with van der Waals surface area (Å²) in [6.07, 6.45) is 0.365. The number of halogens is 3. The number of carboxylic acid groups (broad SMARTS) is 1. The van der Waals surface area contributed by atoms with Gasteiger partial charge in [0.25, 0.3) is 0 Å². The Morgan fingerprint density at radius 2 is 1.93 bits per heavy atom. The lowest BCUT2D eigenvalue weighted by molar-refractivity contribution is -0.148. The van der Waals surface area contributed by atoms with E-state index in [0.717, 1.165) is 0 Å². The standard InChI is InChI=1S/C8H13F3O2S/c1-3-7(2,6(12)13)4-5-14-8(9,10)11/h3-5H2,1-2H3,(H,12,13). The Balaban J connectivity index is 4.04. The molecule has 0 heterocycles.